The number of piperidine rings is 1. The molecule has 0 bridgehead atoms. The number of nitrogens with zero attached hydrogens (tertiary/aromatic N) is 3. The zero-order valence-electron chi connectivity index (χ0n) is 29.4. The summed E-state index contributed by atoms with van der Waals surface area (Å²) in [6.45, 7) is 6.28. The highest BCUT2D eigenvalue weighted by Gasteiger charge is 2.41. The van der Waals surface area contributed by atoms with E-state index in [4.69, 9.17) is 21.4 Å². The number of fused-ring (bicyclic) bond motifs is 1. The number of halogens is 1. The van der Waals surface area contributed by atoms with Gasteiger partial charge in [0.15, 0.2) is 5.82 Å². The molecule has 5 aromatic carbocycles. The second-order valence-electron chi connectivity index (χ2n) is 14.2. The number of nitrogens with one attached hydrogen (secondary N) is 1. The molecule has 1 aliphatic rings. The lowest BCUT2D eigenvalue weighted by Crippen LogP contribution is -2.45. The van der Waals surface area contributed by atoms with Gasteiger partial charge in [0.1, 0.15) is 16.9 Å². The van der Waals surface area contributed by atoms with Crippen LogP contribution in [0, 0.1) is 5.92 Å². The van der Waals surface area contributed by atoms with E-state index in [2.05, 4.69) is 41.7 Å². The fourth-order valence-corrected chi connectivity index (χ4v) is 7.46. The molecule has 0 aliphatic carbocycles. The van der Waals surface area contributed by atoms with Crippen molar-refractivity contribution in [3.8, 4) is 16.9 Å². The summed E-state index contributed by atoms with van der Waals surface area (Å²) in [5, 5.41) is 19.7. The number of hydrogen-bond acceptors (Lipinski definition) is 5. The molecule has 1 saturated heterocycles. The predicted octanol–water partition coefficient (Wildman–Crippen LogP) is 9.49. The summed E-state index contributed by atoms with van der Waals surface area (Å²) < 4.78 is 7.64. The molecule has 264 valence electrons. The molecule has 0 saturated carbocycles. The summed E-state index contributed by atoms with van der Waals surface area (Å²) >= 11 is 6.65. The van der Waals surface area contributed by atoms with Gasteiger partial charge in [-0.15, -0.1) is 0 Å². The molecule has 0 radical (unpaired) electrons. The second kappa shape index (κ2) is 14.2. The number of phenols is 1. The third-order valence-electron chi connectivity index (χ3n) is 9.52. The van der Waals surface area contributed by atoms with E-state index in [1.165, 1.54) is 6.07 Å². The van der Waals surface area contributed by atoms with Crippen molar-refractivity contribution in [1.29, 1.82) is 0 Å². The maximum Gasteiger partial charge on any atom is 0.410 e. The average Bonchev–Trinajstić information content (AvgIpc) is 3.50. The predicted molar refractivity (Wildman–Crippen MR) is 206 cm³/mol. The highest BCUT2D eigenvalue weighted by Crippen LogP contribution is 2.44. The highest BCUT2D eigenvalue weighted by molar-refractivity contribution is 6.33. The van der Waals surface area contributed by atoms with Crippen molar-refractivity contribution in [3.63, 3.8) is 0 Å². The standard InChI is InChI=1S/C43H41ClN4O4/c1-42(2,3)52-41(51)47-25-13-14-30(28-47)40(50)45-39-36-26-29(35-23-22-34(49)27-37(35)44)21-24-38(36)48(46-39)43(31-15-7-4-8-16-31,32-17-9-5-10-18-32)33-19-11-6-12-20-33/h4-12,15-24,26-27,30,49H,13-14,25,28H2,1-3H3,(H,45,46,50)/t30-/m1/s1. The first kappa shape index (κ1) is 34.8. The Balaban J connectivity index is 1.41. The van der Waals surface area contributed by atoms with E-state index >= 15 is 0 Å². The second-order valence-corrected chi connectivity index (χ2v) is 14.6. The van der Waals surface area contributed by atoms with E-state index in [1.54, 1.807) is 17.0 Å². The van der Waals surface area contributed by atoms with Gasteiger partial charge in [-0.05, 0) is 86.2 Å². The molecule has 52 heavy (non-hydrogen) atoms. The van der Waals surface area contributed by atoms with Gasteiger partial charge < -0.3 is 20.1 Å². The SMILES string of the molecule is CC(C)(C)OC(=O)N1CCC[C@@H](C(=O)Nc2nn(C(c3ccccc3)(c3ccccc3)c3ccccc3)c3ccc(-c4ccc(O)cc4Cl)cc23)C1. The van der Waals surface area contributed by atoms with Gasteiger partial charge in [-0.1, -0.05) is 109 Å². The molecule has 7 rings (SSSR count). The van der Waals surface area contributed by atoms with Crippen LogP contribution in [0.1, 0.15) is 50.3 Å². The quantitative estimate of drug-likeness (QED) is 0.161. The molecule has 2 amide bonds. The van der Waals surface area contributed by atoms with Gasteiger partial charge in [-0.25, -0.2) is 9.48 Å². The molecule has 1 aliphatic heterocycles. The Morgan fingerprint density at radius 1 is 0.827 bits per heavy atom. The van der Waals surface area contributed by atoms with Crippen molar-refractivity contribution < 1.29 is 19.4 Å². The van der Waals surface area contributed by atoms with Crippen LogP contribution >= 0.6 is 11.6 Å². The van der Waals surface area contributed by atoms with E-state index < -0.39 is 23.2 Å². The number of amides is 2. The fraction of sp³-hybridized carbons (Fsp3) is 0.233. The fourth-order valence-electron chi connectivity index (χ4n) is 7.18. The van der Waals surface area contributed by atoms with E-state index in [0.29, 0.717) is 35.6 Å². The van der Waals surface area contributed by atoms with Crippen LogP contribution in [0.15, 0.2) is 127 Å². The number of carbonyl (C=O) groups excluding carboxylic acids is 2. The third kappa shape index (κ3) is 6.74. The lowest BCUT2D eigenvalue weighted by atomic mass is 9.77. The molecular weight excluding hydrogens is 672 g/mol. The molecule has 9 heteroatoms. The number of hydrogen-bond donors (Lipinski definition) is 2. The number of phenolic OH excluding ortho intramolecular Hbond substituents is 1. The number of likely N-dealkylation sites (tertiary alicyclic amines) is 1. The number of ether oxygens (including phenoxy) is 1. The Hall–Kier alpha value is -5.60. The zero-order chi connectivity index (χ0) is 36.5. The van der Waals surface area contributed by atoms with Gasteiger partial charge in [0, 0.05) is 24.0 Å². The van der Waals surface area contributed by atoms with E-state index in [-0.39, 0.29) is 18.2 Å². The van der Waals surface area contributed by atoms with Crippen LogP contribution in [-0.4, -0.2) is 50.5 Å². The Morgan fingerprint density at radius 2 is 1.42 bits per heavy atom. The molecule has 1 atom stereocenters. The van der Waals surface area contributed by atoms with Gasteiger partial charge in [0.25, 0.3) is 0 Å². The van der Waals surface area contributed by atoms with Crippen LogP contribution in [0.25, 0.3) is 22.0 Å². The lowest BCUT2D eigenvalue weighted by Gasteiger charge is -2.37. The molecule has 1 fully saturated rings. The van der Waals surface area contributed by atoms with Crippen molar-refractivity contribution >= 4 is 40.3 Å². The molecule has 8 nitrogen and oxygen atoms in total. The zero-order valence-corrected chi connectivity index (χ0v) is 30.2. The first-order chi connectivity index (χ1) is 25.0. The largest absolute Gasteiger partial charge is 0.508 e. The van der Waals surface area contributed by atoms with Crippen molar-refractivity contribution in [1.82, 2.24) is 14.7 Å². The van der Waals surface area contributed by atoms with E-state index in [0.717, 1.165) is 33.3 Å². The van der Waals surface area contributed by atoms with Crippen LogP contribution in [0.4, 0.5) is 10.6 Å². The molecule has 0 unspecified atom stereocenters. The number of carbonyl (C=O) groups is 2. The summed E-state index contributed by atoms with van der Waals surface area (Å²) in [4.78, 5) is 28.8. The number of aromatic hydroxyl groups is 1. The summed E-state index contributed by atoms with van der Waals surface area (Å²) in [7, 11) is 0. The van der Waals surface area contributed by atoms with Crippen molar-refractivity contribution in [2.45, 2.75) is 44.8 Å². The summed E-state index contributed by atoms with van der Waals surface area (Å²) in [6.07, 6.45) is 0.878. The van der Waals surface area contributed by atoms with Crippen LogP contribution < -0.4 is 5.32 Å². The third-order valence-corrected chi connectivity index (χ3v) is 9.83. The smallest absolute Gasteiger partial charge is 0.410 e. The molecule has 6 aromatic rings. The number of aromatic nitrogens is 2. The summed E-state index contributed by atoms with van der Waals surface area (Å²) in [5.41, 5.74) is 3.68. The van der Waals surface area contributed by atoms with Gasteiger partial charge in [0.2, 0.25) is 5.91 Å². The minimum Gasteiger partial charge on any atom is -0.508 e. The molecule has 2 heterocycles. The Kier molecular flexibility index (Phi) is 9.51. The van der Waals surface area contributed by atoms with E-state index in [9.17, 15) is 14.7 Å². The van der Waals surface area contributed by atoms with Crippen LogP contribution in [0.2, 0.25) is 5.02 Å². The van der Waals surface area contributed by atoms with Crippen molar-refractivity contribution in [3.05, 3.63) is 149 Å². The molecule has 1 aromatic heterocycles. The molecule has 2 N–H and O–H groups in total. The van der Waals surface area contributed by atoms with Gasteiger partial charge in [-0.3, -0.25) is 4.79 Å². The van der Waals surface area contributed by atoms with Gasteiger partial charge >= 0.3 is 6.09 Å². The maximum absolute atomic E-state index is 14.2. The van der Waals surface area contributed by atoms with Crippen LogP contribution in [-0.2, 0) is 15.1 Å². The topological polar surface area (TPSA) is 96.7 Å². The summed E-state index contributed by atoms with van der Waals surface area (Å²) in [6, 6.07) is 41.6. The summed E-state index contributed by atoms with van der Waals surface area (Å²) in [5.74, 6) is -0.226. The van der Waals surface area contributed by atoms with Gasteiger partial charge in [0.05, 0.1) is 16.5 Å². The number of benzene rings is 5. The average molecular weight is 713 g/mol. The Labute approximate surface area is 308 Å². The van der Waals surface area contributed by atoms with Gasteiger partial charge in [-0.2, -0.15) is 5.10 Å². The number of rotatable bonds is 7. The van der Waals surface area contributed by atoms with Crippen LogP contribution in [0.3, 0.4) is 0 Å². The highest BCUT2D eigenvalue weighted by atomic mass is 35.5. The van der Waals surface area contributed by atoms with E-state index in [1.807, 2.05) is 98.2 Å². The Morgan fingerprint density at radius 3 is 1.98 bits per heavy atom. The van der Waals surface area contributed by atoms with Crippen LogP contribution in [0.5, 0.6) is 5.75 Å². The minimum absolute atomic E-state index is 0.0712. The molecular formula is C43H41ClN4O4. The van der Waals surface area contributed by atoms with Crippen molar-refractivity contribution in [2.24, 2.45) is 5.92 Å². The first-order valence-corrected chi connectivity index (χ1v) is 17.9. The first-order valence-electron chi connectivity index (χ1n) is 17.5. The minimum atomic E-state index is -0.943. The lowest BCUT2D eigenvalue weighted by molar-refractivity contribution is -0.121. The van der Waals surface area contributed by atoms with Crippen molar-refractivity contribution in [2.75, 3.05) is 18.4 Å². The monoisotopic (exact) mass is 712 g/mol. The maximum atomic E-state index is 14.2. The normalized spacial score (nSPS) is 15.0. The number of anilines is 1. The Bertz CT molecular complexity index is 2120. The molecule has 0 spiro atoms.